The number of phenolic OH excluding ortho intramolecular Hbond substituents is 1. The van der Waals surface area contributed by atoms with Gasteiger partial charge in [0.15, 0.2) is 11.6 Å². The number of nitrogens with one attached hydrogen (secondary N) is 1. The van der Waals surface area contributed by atoms with Gasteiger partial charge in [-0.2, -0.15) is 0 Å². The molecule has 3 aliphatic carbocycles. The first kappa shape index (κ1) is 25.9. The summed E-state index contributed by atoms with van der Waals surface area (Å²) in [6.45, 7) is 1.63. The number of allylic oxidation sites excluding steroid dienone is 6. The van der Waals surface area contributed by atoms with Gasteiger partial charge in [0.05, 0.1) is 17.5 Å². The van der Waals surface area contributed by atoms with Crippen LogP contribution in [0.5, 0.6) is 5.75 Å². The Hall–Kier alpha value is -5.04. The van der Waals surface area contributed by atoms with Crippen LogP contribution in [-0.4, -0.2) is 28.5 Å². The number of hydrogen-bond acceptors (Lipinski definition) is 6. The van der Waals surface area contributed by atoms with Crippen LogP contribution in [0.3, 0.4) is 0 Å². The molecule has 0 saturated carbocycles. The molecule has 2 amide bonds. The monoisotopic (exact) mass is 556 g/mol. The van der Waals surface area contributed by atoms with Gasteiger partial charge in [0.2, 0.25) is 11.8 Å². The van der Waals surface area contributed by atoms with Crippen LogP contribution < -0.4 is 10.2 Å². The van der Waals surface area contributed by atoms with E-state index in [1.165, 1.54) is 11.0 Å². The zero-order valence-electron chi connectivity index (χ0n) is 22.9. The Kier molecular flexibility index (Phi) is 6.04. The van der Waals surface area contributed by atoms with Crippen LogP contribution in [0, 0.1) is 17.8 Å². The maximum atomic E-state index is 14.1. The second kappa shape index (κ2) is 9.80. The lowest BCUT2D eigenvalue weighted by atomic mass is 9.59. The van der Waals surface area contributed by atoms with E-state index >= 15 is 0 Å². The minimum atomic E-state index is -0.670. The second-order valence-corrected chi connectivity index (χ2v) is 11.3. The van der Waals surface area contributed by atoms with Gasteiger partial charge in [-0.25, -0.2) is 0 Å². The molecule has 1 fully saturated rings. The Morgan fingerprint density at radius 1 is 0.810 bits per heavy atom. The van der Waals surface area contributed by atoms with Gasteiger partial charge in [0.1, 0.15) is 5.75 Å². The zero-order chi connectivity index (χ0) is 29.1. The standard InChI is InChI=1S/C35H28N2O5/c1-19-17-29(39)27-18-26-23(30(32(27)33(19)40)24-9-5-6-10-28(24)38)15-16-25-31(26)35(42)37(34(25)41)22-13-11-21(12-14-22)36-20-7-3-2-4-8-20/h2-15,17,25-26,30-31,36,38H,16,18H2,1H3/t25-,26+,30+,31-/m0/s1. The van der Waals surface area contributed by atoms with E-state index in [4.69, 9.17) is 0 Å². The molecule has 208 valence electrons. The minimum Gasteiger partial charge on any atom is -0.508 e. The van der Waals surface area contributed by atoms with E-state index in [1.807, 2.05) is 48.5 Å². The number of para-hydroxylation sites is 2. The topological polar surface area (TPSA) is 104 Å². The molecule has 3 aromatic carbocycles. The molecular weight excluding hydrogens is 528 g/mol. The molecule has 3 aromatic rings. The fourth-order valence-corrected chi connectivity index (χ4v) is 7.08. The van der Waals surface area contributed by atoms with E-state index in [2.05, 4.69) is 5.32 Å². The number of ketones is 2. The highest BCUT2D eigenvalue weighted by Crippen LogP contribution is 2.56. The number of benzene rings is 3. The number of Topliss-reactive ketones (excluding diaryl/α,β-unsaturated/α-hetero) is 1. The van der Waals surface area contributed by atoms with Crippen molar-refractivity contribution in [1.29, 1.82) is 0 Å². The van der Waals surface area contributed by atoms with Crippen LogP contribution in [0.25, 0.3) is 0 Å². The molecular formula is C35H28N2O5. The Bertz CT molecular complexity index is 1770. The molecule has 1 saturated heterocycles. The number of carbonyl (C=O) groups excluding carboxylic acids is 4. The molecule has 0 spiro atoms. The van der Waals surface area contributed by atoms with Gasteiger partial charge < -0.3 is 10.4 Å². The lowest BCUT2D eigenvalue weighted by molar-refractivity contribution is -0.123. The summed E-state index contributed by atoms with van der Waals surface area (Å²) >= 11 is 0. The molecule has 7 rings (SSSR count). The number of nitrogens with zero attached hydrogens (tertiary/aromatic N) is 1. The SMILES string of the molecule is CC1=CC(=O)C2=C(C1=O)[C@@H](c1ccccc1O)C1=CC[C@@H]3C(=O)N(c4ccc(Nc5ccccc5)cc4)C(=O)[C@@H]3[C@@H]1C2. The highest BCUT2D eigenvalue weighted by Gasteiger charge is 2.56. The van der Waals surface area contributed by atoms with E-state index in [9.17, 15) is 24.3 Å². The highest BCUT2D eigenvalue weighted by atomic mass is 16.3. The molecule has 42 heavy (non-hydrogen) atoms. The summed E-state index contributed by atoms with van der Waals surface area (Å²) in [5.74, 6) is -3.36. The number of fused-ring (bicyclic) bond motifs is 3. The Morgan fingerprint density at radius 3 is 2.24 bits per heavy atom. The van der Waals surface area contributed by atoms with Crippen molar-refractivity contribution in [3.8, 4) is 5.75 Å². The van der Waals surface area contributed by atoms with Crippen LogP contribution in [0.2, 0.25) is 0 Å². The van der Waals surface area contributed by atoms with Crippen LogP contribution >= 0.6 is 0 Å². The number of phenols is 1. The van der Waals surface area contributed by atoms with Crippen molar-refractivity contribution in [3.63, 3.8) is 0 Å². The summed E-state index contributed by atoms with van der Waals surface area (Å²) < 4.78 is 0. The smallest absolute Gasteiger partial charge is 0.238 e. The molecule has 7 heteroatoms. The minimum absolute atomic E-state index is 0.0186. The van der Waals surface area contributed by atoms with Crippen molar-refractivity contribution < 1.29 is 24.3 Å². The summed E-state index contributed by atoms with van der Waals surface area (Å²) in [5.41, 5.74) is 4.68. The molecule has 1 heterocycles. The van der Waals surface area contributed by atoms with Gasteiger partial charge in [-0.05, 0) is 74.2 Å². The Balaban J connectivity index is 1.25. The lowest BCUT2D eigenvalue weighted by Crippen LogP contribution is -2.39. The molecule has 2 N–H and O–H groups in total. The van der Waals surface area contributed by atoms with Gasteiger partial charge in [-0.15, -0.1) is 0 Å². The van der Waals surface area contributed by atoms with E-state index in [-0.39, 0.29) is 35.6 Å². The average Bonchev–Trinajstić information content (AvgIpc) is 3.26. The van der Waals surface area contributed by atoms with E-state index in [0.29, 0.717) is 34.4 Å². The number of hydrogen-bond donors (Lipinski definition) is 2. The fraction of sp³-hybridized carbons (Fsp3) is 0.200. The summed E-state index contributed by atoms with van der Waals surface area (Å²) in [5, 5.41) is 14.2. The van der Waals surface area contributed by atoms with Crippen molar-refractivity contribution in [2.45, 2.75) is 25.7 Å². The molecule has 4 atom stereocenters. The van der Waals surface area contributed by atoms with Crippen molar-refractivity contribution in [1.82, 2.24) is 0 Å². The maximum Gasteiger partial charge on any atom is 0.238 e. The summed E-state index contributed by atoms with van der Waals surface area (Å²) in [6, 6.07) is 23.7. The first-order valence-corrected chi connectivity index (χ1v) is 14.1. The number of anilines is 3. The number of imide groups is 1. The van der Waals surface area contributed by atoms with Crippen molar-refractivity contribution in [2.24, 2.45) is 17.8 Å². The van der Waals surface area contributed by atoms with Crippen LogP contribution in [0.1, 0.15) is 31.2 Å². The van der Waals surface area contributed by atoms with Gasteiger partial charge in [0.25, 0.3) is 0 Å². The summed E-state index contributed by atoms with van der Waals surface area (Å²) in [7, 11) is 0. The molecule has 0 unspecified atom stereocenters. The number of carbonyl (C=O) groups is 4. The number of aromatic hydroxyl groups is 1. The van der Waals surface area contributed by atoms with Crippen LogP contribution in [0.4, 0.5) is 17.1 Å². The summed E-state index contributed by atoms with van der Waals surface area (Å²) in [6.07, 6.45) is 3.86. The van der Waals surface area contributed by atoms with Gasteiger partial charge in [-0.3, -0.25) is 24.1 Å². The third kappa shape index (κ3) is 3.96. The number of amides is 2. The van der Waals surface area contributed by atoms with E-state index in [1.54, 1.807) is 43.3 Å². The Labute approximate surface area is 242 Å². The molecule has 0 bridgehead atoms. The first-order valence-electron chi connectivity index (χ1n) is 14.1. The van der Waals surface area contributed by atoms with E-state index in [0.717, 1.165) is 16.9 Å². The van der Waals surface area contributed by atoms with Crippen LogP contribution in [0.15, 0.2) is 113 Å². The van der Waals surface area contributed by atoms with E-state index < -0.39 is 23.7 Å². The zero-order valence-corrected chi connectivity index (χ0v) is 22.9. The molecule has 0 aromatic heterocycles. The maximum absolute atomic E-state index is 14.1. The Morgan fingerprint density at radius 2 is 1.50 bits per heavy atom. The number of rotatable bonds is 4. The third-order valence-electron chi connectivity index (χ3n) is 9.00. The van der Waals surface area contributed by atoms with Crippen molar-refractivity contribution in [3.05, 3.63) is 119 Å². The van der Waals surface area contributed by atoms with Crippen molar-refractivity contribution in [2.75, 3.05) is 10.2 Å². The molecule has 4 aliphatic rings. The molecule has 0 radical (unpaired) electrons. The lowest BCUT2D eigenvalue weighted by Gasteiger charge is -2.42. The second-order valence-electron chi connectivity index (χ2n) is 11.3. The van der Waals surface area contributed by atoms with Crippen LogP contribution in [-0.2, 0) is 19.2 Å². The summed E-state index contributed by atoms with van der Waals surface area (Å²) in [4.78, 5) is 55.8. The fourth-order valence-electron chi connectivity index (χ4n) is 7.08. The largest absolute Gasteiger partial charge is 0.508 e. The molecule has 7 nitrogen and oxygen atoms in total. The van der Waals surface area contributed by atoms with Gasteiger partial charge in [0, 0.05) is 39.6 Å². The third-order valence-corrected chi connectivity index (χ3v) is 9.00. The normalized spacial score (nSPS) is 25.0. The molecule has 1 aliphatic heterocycles. The quantitative estimate of drug-likeness (QED) is 0.240. The predicted octanol–water partition coefficient (Wildman–Crippen LogP) is 5.77. The highest BCUT2D eigenvalue weighted by molar-refractivity contribution is 6.25. The van der Waals surface area contributed by atoms with Crippen molar-refractivity contribution >= 4 is 40.4 Å². The van der Waals surface area contributed by atoms with Gasteiger partial charge >= 0.3 is 0 Å². The predicted molar refractivity (Wildman–Crippen MR) is 158 cm³/mol. The van der Waals surface area contributed by atoms with Gasteiger partial charge in [-0.1, -0.05) is 48.0 Å². The average molecular weight is 557 g/mol. The first-order chi connectivity index (χ1) is 20.3.